The van der Waals surface area contributed by atoms with Crippen LogP contribution < -0.4 is 5.32 Å². The Hall–Kier alpha value is -2.70. The van der Waals surface area contributed by atoms with Crippen molar-refractivity contribution in [2.24, 2.45) is 4.99 Å². The number of para-hydroxylation sites is 1. The fourth-order valence-electron chi connectivity index (χ4n) is 2.43. The Morgan fingerprint density at radius 3 is 2.72 bits per heavy atom. The number of benzene rings is 2. The van der Waals surface area contributed by atoms with E-state index in [-0.39, 0.29) is 5.24 Å². The van der Waals surface area contributed by atoms with E-state index in [4.69, 9.17) is 11.6 Å². The van der Waals surface area contributed by atoms with Crippen LogP contribution in [0.15, 0.2) is 64.8 Å². The maximum Gasteiger partial charge on any atom is 0.289 e. The maximum atomic E-state index is 11.8. The highest BCUT2D eigenvalue weighted by Gasteiger charge is 2.23. The second-order valence-electron chi connectivity index (χ2n) is 5.23. The largest absolute Gasteiger partial charge is 0.300 e. The Labute approximate surface area is 152 Å². The molecule has 2 aromatic carbocycles. The molecule has 0 radical (unpaired) electrons. The zero-order valence-corrected chi connectivity index (χ0v) is 14.4. The van der Waals surface area contributed by atoms with Gasteiger partial charge in [0.25, 0.3) is 5.24 Å². The average molecular weight is 367 g/mol. The first-order chi connectivity index (χ1) is 12.2. The van der Waals surface area contributed by atoms with E-state index >= 15 is 0 Å². The Morgan fingerprint density at radius 2 is 1.88 bits per heavy atom. The molecule has 1 aromatic heterocycles. The van der Waals surface area contributed by atoms with Crippen LogP contribution in [0.5, 0.6) is 0 Å². The van der Waals surface area contributed by atoms with Gasteiger partial charge in [0.05, 0.1) is 21.6 Å². The molecular formula is C18H11ClN4OS. The zero-order valence-electron chi connectivity index (χ0n) is 12.8. The highest BCUT2D eigenvalue weighted by atomic mass is 35.5. The third-order valence-corrected chi connectivity index (χ3v) is 4.61. The molecule has 0 atom stereocenters. The quantitative estimate of drug-likeness (QED) is 0.706. The van der Waals surface area contributed by atoms with Crippen LogP contribution in [0, 0.1) is 0 Å². The molecule has 1 aliphatic rings. The summed E-state index contributed by atoms with van der Waals surface area (Å²) in [6.45, 7) is 0. The fraction of sp³-hybridized carbons (Fsp3) is 0. The van der Waals surface area contributed by atoms with Gasteiger partial charge >= 0.3 is 0 Å². The van der Waals surface area contributed by atoms with Gasteiger partial charge in [0.2, 0.25) is 0 Å². The molecule has 1 amide bonds. The zero-order chi connectivity index (χ0) is 17.2. The van der Waals surface area contributed by atoms with Crippen LogP contribution in [-0.2, 0) is 0 Å². The lowest BCUT2D eigenvalue weighted by Crippen LogP contribution is -2.18. The van der Waals surface area contributed by atoms with Gasteiger partial charge in [0, 0.05) is 23.0 Å². The molecule has 4 rings (SSSR count). The molecule has 2 heterocycles. The molecule has 122 valence electrons. The van der Waals surface area contributed by atoms with Crippen molar-refractivity contribution in [2.75, 3.05) is 0 Å². The monoisotopic (exact) mass is 366 g/mol. The maximum absolute atomic E-state index is 11.8. The van der Waals surface area contributed by atoms with Crippen molar-refractivity contribution in [1.82, 2.24) is 15.3 Å². The van der Waals surface area contributed by atoms with Crippen LogP contribution in [0.2, 0.25) is 5.02 Å². The van der Waals surface area contributed by atoms with Gasteiger partial charge < -0.3 is 5.32 Å². The number of nitrogens with one attached hydrogen (secondary N) is 1. The van der Waals surface area contributed by atoms with Crippen molar-refractivity contribution in [1.29, 1.82) is 0 Å². The molecule has 7 heteroatoms. The molecule has 0 aliphatic carbocycles. The summed E-state index contributed by atoms with van der Waals surface area (Å²) in [4.78, 5) is 25.8. The van der Waals surface area contributed by atoms with Crippen LogP contribution in [0.3, 0.4) is 0 Å². The average Bonchev–Trinajstić information content (AvgIpc) is 2.96. The van der Waals surface area contributed by atoms with Crippen molar-refractivity contribution in [2.45, 2.75) is 0 Å². The number of carbonyl (C=O) groups is 1. The lowest BCUT2D eigenvalue weighted by Gasteiger charge is -2.02. The molecule has 0 saturated carbocycles. The molecule has 1 N–H and O–H groups in total. The first-order valence-electron chi connectivity index (χ1n) is 7.44. The first kappa shape index (κ1) is 15.8. The number of hydrogen-bond acceptors (Lipinski definition) is 5. The summed E-state index contributed by atoms with van der Waals surface area (Å²) in [5, 5.41) is 3.25. The number of aliphatic imine (C=N–C) groups is 1. The molecule has 5 nitrogen and oxygen atoms in total. The van der Waals surface area contributed by atoms with E-state index in [1.165, 1.54) is 0 Å². The number of rotatable bonds is 2. The second kappa shape index (κ2) is 6.66. The molecule has 0 unspecified atom stereocenters. The standard InChI is InChI=1S/C18H11ClN4OS/c19-12-4-6-13(7-5-12)22-17-15(25-18(24)23-17)10-11-2-1-3-14-16(11)21-9-8-20-14/h1-10H,(H,22,23,24). The van der Waals surface area contributed by atoms with E-state index in [9.17, 15) is 4.79 Å². The van der Waals surface area contributed by atoms with Gasteiger partial charge in [0.15, 0.2) is 0 Å². The van der Waals surface area contributed by atoms with Crippen LogP contribution in [0.4, 0.5) is 10.5 Å². The van der Waals surface area contributed by atoms with Gasteiger partial charge in [-0.2, -0.15) is 0 Å². The minimum absolute atomic E-state index is 0.162. The van der Waals surface area contributed by atoms with Crippen molar-refractivity contribution in [3.63, 3.8) is 0 Å². The SMILES string of the molecule is O=C1NC(=Nc2ccc(Cl)cc2)C(=Cc2cccc3nccnc23)S1. The lowest BCUT2D eigenvalue weighted by atomic mass is 10.1. The molecular weight excluding hydrogens is 356 g/mol. The van der Waals surface area contributed by atoms with Gasteiger partial charge in [0.1, 0.15) is 5.84 Å². The number of amidine groups is 1. The van der Waals surface area contributed by atoms with Crippen LogP contribution in [0.25, 0.3) is 17.1 Å². The number of carbonyl (C=O) groups excluding carboxylic acids is 1. The molecule has 0 spiro atoms. The summed E-state index contributed by atoms with van der Waals surface area (Å²) < 4.78 is 0. The smallest absolute Gasteiger partial charge is 0.289 e. The van der Waals surface area contributed by atoms with E-state index in [2.05, 4.69) is 20.3 Å². The highest BCUT2D eigenvalue weighted by Crippen LogP contribution is 2.30. The third-order valence-electron chi connectivity index (χ3n) is 3.54. The van der Waals surface area contributed by atoms with Gasteiger partial charge in [-0.3, -0.25) is 14.8 Å². The summed E-state index contributed by atoms with van der Waals surface area (Å²) in [5.41, 5.74) is 3.18. The predicted molar refractivity (Wildman–Crippen MR) is 102 cm³/mol. The number of hydrogen-bond donors (Lipinski definition) is 1. The number of fused-ring (bicyclic) bond motifs is 1. The number of halogens is 1. The van der Waals surface area contributed by atoms with Gasteiger partial charge in [-0.25, -0.2) is 4.99 Å². The van der Waals surface area contributed by atoms with E-state index in [1.807, 2.05) is 24.3 Å². The van der Waals surface area contributed by atoms with E-state index < -0.39 is 0 Å². The summed E-state index contributed by atoms with van der Waals surface area (Å²) in [5.74, 6) is 0.512. The third kappa shape index (κ3) is 3.40. The molecule has 1 saturated heterocycles. The van der Waals surface area contributed by atoms with Crippen molar-refractivity contribution >= 4 is 57.2 Å². The molecule has 1 fully saturated rings. The highest BCUT2D eigenvalue weighted by molar-refractivity contribution is 8.18. The number of thioether (sulfide) groups is 1. The Balaban J connectivity index is 1.77. The number of aromatic nitrogens is 2. The van der Waals surface area contributed by atoms with Gasteiger partial charge in [-0.1, -0.05) is 23.7 Å². The summed E-state index contributed by atoms with van der Waals surface area (Å²) in [6, 6.07) is 12.9. The summed E-state index contributed by atoms with van der Waals surface area (Å²) in [7, 11) is 0. The normalized spacial score (nSPS) is 17.4. The Kier molecular flexibility index (Phi) is 4.21. The van der Waals surface area contributed by atoms with E-state index in [0.29, 0.717) is 16.5 Å². The summed E-state index contributed by atoms with van der Waals surface area (Å²) in [6.07, 6.45) is 5.20. The molecule has 25 heavy (non-hydrogen) atoms. The van der Waals surface area contributed by atoms with Gasteiger partial charge in [-0.05, 0) is 48.2 Å². The number of nitrogens with zero attached hydrogens (tertiary/aromatic N) is 3. The van der Waals surface area contributed by atoms with Crippen molar-refractivity contribution < 1.29 is 4.79 Å². The second-order valence-corrected chi connectivity index (χ2v) is 6.68. The first-order valence-corrected chi connectivity index (χ1v) is 8.63. The van der Waals surface area contributed by atoms with Crippen molar-refractivity contribution in [3.8, 4) is 0 Å². The van der Waals surface area contributed by atoms with E-state index in [1.54, 1.807) is 36.7 Å². The molecule has 1 aliphatic heterocycles. The lowest BCUT2D eigenvalue weighted by molar-refractivity contribution is 0.265. The van der Waals surface area contributed by atoms with E-state index in [0.717, 1.165) is 33.3 Å². The predicted octanol–water partition coefficient (Wildman–Crippen LogP) is 4.81. The minimum atomic E-state index is -0.162. The Morgan fingerprint density at radius 1 is 1.08 bits per heavy atom. The van der Waals surface area contributed by atoms with Crippen LogP contribution in [-0.4, -0.2) is 21.0 Å². The van der Waals surface area contributed by atoms with Crippen LogP contribution >= 0.6 is 23.4 Å². The minimum Gasteiger partial charge on any atom is -0.300 e. The van der Waals surface area contributed by atoms with Gasteiger partial charge in [-0.15, -0.1) is 0 Å². The molecule has 3 aromatic rings. The van der Waals surface area contributed by atoms with Crippen LogP contribution in [0.1, 0.15) is 5.56 Å². The number of amides is 1. The Bertz CT molecular complexity index is 1030. The summed E-state index contributed by atoms with van der Waals surface area (Å²) >= 11 is 7.00. The topological polar surface area (TPSA) is 67.2 Å². The fourth-order valence-corrected chi connectivity index (χ4v) is 3.28. The van der Waals surface area contributed by atoms with Crippen molar-refractivity contribution in [3.05, 3.63) is 70.3 Å². The molecule has 0 bridgehead atoms.